The number of hydrogen-bond acceptors (Lipinski definition) is 6. The average Bonchev–Trinajstić information content (AvgIpc) is 3.15. The third-order valence-corrected chi connectivity index (χ3v) is 6.75. The molecular weight excluding hydrogens is 438 g/mol. The number of amides is 1. The summed E-state index contributed by atoms with van der Waals surface area (Å²) in [5.41, 5.74) is 4.27. The Labute approximate surface area is 197 Å². The summed E-state index contributed by atoms with van der Waals surface area (Å²) in [7, 11) is 0. The Morgan fingerprint density at radius 3 is 2.39 bits per heavy atom. The lowest BCUT2D eigenvalue weighted by atomic mass is 9.71. The van der Waals surface area contributed by atoms with Crippen molar-refractivity contribution < 1.29 is 14.5 Å². The van der Waals surface area contributed by atoms with Gasteiger partial charge >= 0.3 is 6.09 Å². The number of pyridine rings is 1. The molecule has 33 heavy (non-hydrogen) atoms. The van der Waals surface area contributed by atoms with Crippen LogP contribution in [0.3, 0.4) is 0 Å². The Bertz CT molecular complexity index is 1190. The third kappa shape index (κ3) is 4.75. The molecule has 1 aliphatic rings. The molecule has 8 heteroatoms. The highest BCUT2D eigenvalue weighted by atomic mass is 32.1. The van der Waals surface area contributed by atoms with E-state index in [0.29, 0.717) is 5.69 Å². The maximum atomic E-state index is 12.4. The summed E-state index contributed by atoms with van der Waals surface area (Å²) in [6.45, 7) is 7.52. The van der Waals surface area contributed by atoms with Gasteiger partial charge < -0.3 is 10.1 Å². The van der Waals surface area contributed by atoms with Gasteiger partial charge in [-0.2, -0.15) is 11.3 Å². The van der Waals surface area contributed by atoms with Crippen LogP contribution in [0.2, 0.25) is 0 Å². The summed E-state index contributed by atoms with van der Waals surface area (Å²) in [6, 6.07) is 9.51. The Balaban J connectivity index is 1.67. The summed E-state index contributed by atoms with van der Waals surface area (Å²) in [5, 5.41) is 18.4. The van der Waals surface area contributed by atoms with Crippen molar-refractivity contribution in [2.75, 3.05) is 0 Å². The van der Waals surface area contributed by atoms with Gasteiger partial charge in [0.15, 0.2) is 0 Å². The van der Waals surface area contributed by atoms with E-state index in [2.05, 4.69) is 10.3 Å². The molecule has 2 heterocycles. The first-order valence-electron chi connectivity index (χ1n) is 10.9. The van der Waals surface area contributed by atoms with Gasteiger partial charge in [0, 0.05) is 17.2 Å². The molecule has 7 nitrogen and oxygen atoms in total. The second-order valence-corrected chi connectivity index (χ2v) is 10.2. The van der Waals surface area contributed by atoms with Crippen LogP contribution in [0, 0.1) is 17.0 Å². The Morgan fingerprint density at radius 1 is 1.18 bits per heavy atom. The number of nitrogens with zero attached hydrogens (tertiary/aromatic N) is 2. The number of aryl methyl sites for hydroxylation is 1. The molecule has 0 saturated heterocycles. The smallest absolute Gasteiger partial charge is 0.408 e. The molecular formula is C25H27N3O4S. The first-order valence-corrected chi connectivity index (χ1v) is 11.8. The Morgan fingerprint density at radius 2 is 1.88 bits per heavy atom. The van der Waals surface area contributed by atoms with E-state index < -0.39 is 22.2 Å². The molecule has 3 aromatic rings. The van der Waals surface area contributed by atoms with Gasteiger partial charge in [0.1, 0.15) is 11.8 Å². The number of thiophene rings is 1. The zero-order valence-corrected chi connectivity index (χ0v) is 20.0. The minimum atomic E-state index is -0.559. The van der Waals surface area contributed by atoms with Crippen molar-refractivity contribution in [2.24, 2.45) is 0 Å². The van der Waals surface area contributed by atoms with E-state index in [4.69, 9.17) is 4.74 Å². The lowest BCUT2D eigenvalue weighted by Crippen LogP contribution is -2.52. The fourth-order valence-electron chi connectivity index (χ4n) is 4.09. The highest BCUT2D eigenvalue weighted by molar-refractivity contribution is 7.08. The van der Waals surface area contributed by atoms with E-state index >= 15 is 0 Å². The van der Waals surface area contributed by atoms with Gasteiger partial charge in [-0.15, -0.1) is 0 Å². The van der Waals surface area contributed by atoms with Crippen molar-refractivity contribution in [2.45, 2.75) is 58.1 Å². The molecule has 0 unspecified atom stereocenters. The number of ether oxygens (including phenoxy) is 1. The maximum Gasteiger partial charge on any atom is 0.408 e. The van der Waals surface area contributed by atoms with Crippen molar-refractivity contribution in [3.63, 3.8) is 0 Å². The molecule has 2 aromatic heterocycles. The highest BCUT2D eigenvalue weighted by Crippen LogP contribution is 2.43. The van der Waals surface area contributed by atoms with E-state index in [1.807, 2.05) is 62.7 Å². The molecule has 1 aliphatic carbocycles. The van der Waals surface area contributed by atoms with Crippen molar-refractivity contribution in [3.05, 3.63) is 68.5 Å². The zero-order chi connectivity index (χ0) is 23.8. The molecule has 0 aliphatic heterocycles. The first-order chi connectivity index (χ1) is 15.6. The molecule has 1 aromatic carbocycles. The number of benzene rings is 1. The summed E-state index contributed by atoms with van der Waals surface area (Å²) < 4.78 is 5.47. The predicted molar refractivity (Wildman–Crippen MR) is 129 cm³/mol. The van der Waals surface area contributed by atoms with Gasteiger partial charge in [-0.05, 0) is 74.4 Å². The zero-order valence-electron chi connectivity index (χ0n) is 19.2. The average molecular weight is 466 g/mol. The van der Waals surface area contributed by atoms with Crippen LogP contribution in [0.1, 0.15) is 51.2 Å². The van der Waals surface area contributed by atoms with Crippen molar-refractivity contribution >= 4 is 23.1 Å². The number of nitrogens with one attached hydrogen (secondary N) is 1. The molecule has 0 radical (unpaired) electrons. The van der Waals surface area contributed by atoms with Gasteiger partial charge in [0.2, 0.25) is 0 Å². The SMILES string of the molecule is Cc1cscc1-c1cc([N+](=O)[O-])cnc1-c1ccc(C2(NC(=O)OC(C)(C)C)CCC2)cc1. The quantitative estimate of drug-likeness (QED) is 0.338. The van der Waals surface area contributed by atoms with E-state index in [9.17, 15) is 14.9 Å². The number of alkyl carbamates (subject to hydrolysis) is 1. The number of carbonyl (C=O) groups excluding carboxylic acids is 1. The highest BCUT2D eigenvalue weighted by Gasteiger charge is 2.41. The molecule has 1 N–H and O–H groups in total. The van der Waals surface area contributed by atoms with Crippen LogP contribution in [0.15, 0.2) is 47.3 Å². The minimum absolute atomic E-state index is 0.0362. The van der Waals surface area contributed by atoms with Gasteiger partial charge in [-0.3, -0.25) is 10.1 Å². The van der Waals surface area contributed by atoms with Gasteiger partial charge in [0.25, 0.3) is 5.69 Å². The lowest BCUT2D eigenvalue weighted by molar-refractivity contribution is -0.385. The molecule has 0 bridgehead atoms. The molecule has 172 valence electrons. The van der Waals surface area contributed by atoms with Gasteiger partial charge in [0.05, 0.1) is 16.2 Å². The van der Waals surface area contributed by atoms with Crippen LogP contribution in [0.25, 0.3) is 22.4 Å². The van der Waals surface area contributed by atoms with Crippen molar-refractivity contribution in [3.8, 4) is 22.4 Å². The molecule has 0 atom stereocenters. The van der Waals surface area contributed by atoms with E-state index in [1.54, 1.807) is 17.4 Å². The topological polar surface area (TPSA) is 94.4 Å². The summed E-state index contributed by atoms with van der Waals surface area (Å²) in [5.74, 6) is 0. The fraction of sp³-hybridized carbons (Fsp3) is 0.360. The predicted octanol–water partition coefficient (Wildman–Crippen LogP) is 6.60. The third-order valence-electron chi connectivity index (χ3n) is 5.89. The van der Waals surface area contributed by atoms with Crippen molar-refractivity contribution in [1.82, 2.24) is 10.3 Å². The number of aromatic nitrogens is 1. The second kappa shape index (κ2) is 8.59. The van der Waals surface area contributed by atoms with E-state index in [1.165, 1.54) is 6.20 Å². The Hall–Kier alpha value is -3.26. The maximum absolute atomic E-state index is 12.4. The molecule has 0 spiro atoms. The summed E-state index contributed by atoms with van der Waals surface area (Å²) >= 11 is 1.56. The standard InChI is InChI=1S/C25H27N3O4S/c1-16-14-33-15-21(16)20-12-19(28(30)31)13-26-22(20)17-6-8-18(9-7-17)25(10-5-11-25)27-23(29)32-24(2,3)4/h6-9,12-15H,5,10-11H2,1-4H3,(H,27,29). The Kier molecular flexibility index (Phi) is 5.97. The number of nitro groups is 1. The number of hydrogen-bond donors (Lipinski definition) is 1. The lowest BCUT2D eigenvalue weighted by Gasteiger charge is -2.43. The van der Waals surface area contributed by atoms with Crippen LogP contribution >= 0.6 is 11.3 Å². The largest absolute Gasteiger partial charge is 0.444 e. The fourth-order valence-corrected chi connectivity index (χ4v) is 4.94. The van der Waals surface area contributed by atoms with Crippen molar-refractivity contribution in [1.29, 1.82) is 0 Å². The number of rotatable bonds is 5. The van der Waals surface area contributed by atoms with Crippen LogP contribution in [-0.4, -0.2) is 21.6 Å². The number of carbonyl (C=O) groups is 1. The minimum Gasteiger partial charge on any atom is -0.444 e. The molecule has 4 rings (SSSR count). The monoisotopic (exact) mass is 465 g/mol. The summed E-state index contributed by atoms with van der Waals surface area (Å²) in [6.07, 6.45) is 3.61. The second-order valence-electron chi connectivity index (χ2n) is 9.46. The van der Waals surface area contributed by atoms with Crippen LogP contribution < -0.4 is 5.32 Å². The normalized spacial score (nSPS) is 14.9. The molecule has 1 amide bonds. The van der Waals surface area contributed by atoms with Crippen LogP contribution in [0.4, 0.5) is 10.5 Å². The summed E-state index contributed by atoms with van der Waals surface area (Å²) in [4.78, 5) is 27.8. The van der Waals surface area contributed by atoms with Crippen LogP contribution in [-0.2, 0) is 10.3 Å². The van der Waals surface area contributed by atoms with Gasteiger partial charge in [-0.25, -0.2) is 9.78 Å². The van der Waals surface area contributed by atoms with E-state index in [0.717, 1.165) is 47.1 Å². The molecule has 1 fully saturated rings. The van der Waals surface area contributed by atoms with Gasteiger partial charge in [-0.1, -0.05) is 24.3 Å². The molecule has 1 saturated carbocycles. The first kappa shape index (κ1) is 22.9. The van der Waals surface area contributed by atoms with E-state index in [-0.39, 0.29) is 5.69 Å². The van der Waals surface area contributed by atoms with Crippen LogP contribution in [0.5, 0.6) is 0 Å².